The number of piperazine rings is 1. The van der Waals surface area contributed by atoms with Crippen molar-refractivity contribution in [3.8, 4) is 0 Å². The van der Waals surface area contributed by atoms with Crippen molar-refractivity contribution in [2.75, 3.05) is 45.9 Å². The van der Waals surface area contributed by atoms with Gasteiger partial charge >= 0.3 is 18.1 Å². The van der Waals surface area contributed by atoms with Gasteiger partial charge in [0.25, 0.3) is 0 Å². The number of hydrogen-bond acceptors (Lipinski definition) is 9. The van der Waals surface area contributed by atoms with Crippen LogP contribution in [0.3, 0.4) is 0 Å². The third-order valence-corrected chi connectivity index (χ3v) is 11.1. The van der Waals surface area contributed by atoms with Crippen molar-refractivity contribution in [3.63, 3.8) is 0 Å². The fourth-order valence-corrected chi connectivity index (χ4v) is 7.73. The van der Waals surface area contributed by atoms with E-state index in [0.29, 0.717) is 32.2 Å². The monoisotopic (exact) mass is 716 g/mol. The Morgan fingerprint density at radius 1 is 1.06 bits per heavy atom. The molecule has 0 aromatic carbocycles. The van der Waals surface area contributed by atoms with Crippen molar-refractivity contribution in [2.45, 2.75) is 134 Å². The zero-order valence-corrected chi connectivity index (χ0v) is 31.4. The third-order valence-electron chi connectivity index (χ3n) is 11.1. The Morgan fingerprint density at radius 2 is 1.76 bits per heavy atom. The highest BCUT2D eigenvalue weighted by Gasteiger charge is 2.37. The van der Waals surface area contributed by atoms with Gasteiger partial charge in [0.1, 0.15) is 11.7 Å². The first-order chi connectivity index (χ1) is 24.4. The number of amides is 3. The van der Waals surface area contributed by atoms with Crippen molar-refractivity contribution in [3.05, 3.63) is 36.0 Å². The largest absolute Gasteiger partial charge is 0.457 e. The van der Waals surface area contributed by atoms with Gasteiger partial charge in [0, 0.05) is 51.2 Å². The lowest BCUT2D eigenvalue weighted by atomic mass is 9.89. The third kappa shape index (κ3) is 12.3. The number of esters is 1. The molecule has 288 valence electrons. The smallest absolute Gasteiger partial charge is 0.410 e. The number of likely N-dealkylation sites (tertiary alicyclic amines) is 1. The van der Waals surface area contributed by atoms with E-state index in [-0.39, 0.29) is 49.8 Å². The molecule has 0 bridgehead atoms. The summed E-state index contributed by atoms with van der Waals surface area (Å²) in [5.41, 5.74) is -0.699. The molecule has 1 aliphatic carbocycles. The van der Waals surface area contributed by atoms with E-state index in [1.165, 1.54) is 38.5 Å². The van der Waals surface area contributed by atoms with Gasteiger partial charge in [0.2, 0.25) is 0 Å². The number of carbonyl (C=O) groups excluding carboxylic acids is 3. The first kappa shape index (κ1) is 40.8. The Labute approximate surface area is 304 Å². The number of cyclic esters (lactones) is 1. The highest BCUT2D eigenvalue weighted by Crippen LogP contribution is 2.28. The molecule has 3 fully saturated rings. The average Bonchev–Trinajstić information content (AvgIpc) is 3.43. The molecule has 3 heterocycles. The molecular formula is C39H64N4O8. The SMILES string of the molecule is C/C(=C\C=C\C(C)CNC(=O)N1CCC[C@@H]1CO)[C@H]1OC(=O)C[C@@H](O)CC[C@](C)(O)[C@@H](OC(=O)N2CCN(C3CCCCCC3)CC2)/C=C/[C@@H]1C. The van der Waals surface area contributed by atoms with E-state index in [9.17, 15) is 29.7 Å². The molecule has 0 aromatic rings. The molecule has 7 atom stereocenters. The second-order valence-electron chi connectivity index (χ2n) is 15.5. The molecule has 1 unspecified atom stereocenters. The Hall–Kier alpha value is -2.93. The number of carbonyl (C=O) groups is 3. The Balaban J connectivity index is 1.39. The van der Waals surface area contributed by atoms with Gasteiger partial charge in [-0.2, -0.15) is 0 Å². The van der Waals surface area contributed by atoms with Crippen LogP contribution in [0.15, 0.2) is 36.0 Å². The molecule has 4 rings (SSSR count). The van der Waals surface area contributed by atoms with Crippen LogP contribution >= 0.6 is 0 Å². The molecule has 51 heavy (non-hydrogen) atoms. The predicted octanol–water partition coefficient (Wildman–Crippen LogP) is 4.54. The standard InChI is InChI=1S/C39H64N4O8/c1-28(26-40-37(47)43-20-10-15-32(43)27-44)11-9-12-29(2)36-30(3)16-17-34(39(4,49)19-18-33(45)25-35(46)51-36)50-38(48)42-23-21-41(22-24-42)31-13-7-5-6-8-14-31/h9,11-12,16-17,28,30-34,36,44-45,49H,5-8,10,13-15,18-27H2,1-4H3,(H,40,47)/b11-9+,17-16+,29-12+/t28?,30-,32+,33-,34-,36+,39-/m0/s1. The normalized spacial score (nSPS) is 32.4. The maximum atomic E-state index is 13.4. The Morgan fingerprint density at radius 3 is 2.45 bits per heavy atom. The number of urea groups is 1. The van der Waals surface area contributed by atoms with Crippen LogP contribution in [0.2, 0.25) is 0 Å². The number of ether oxygens (including phenoxy) is 2. The average molecular weight is 717 g/mol. The van der Waals surface area contributed by atoms with Gasteiger partial charge in [-0.3, -0.25) is 9.69 Å². The second kappa shape index (κ2) is 19.8. The first-order valence-electron chi connectivity index (χ1n) is 19.4. The van der Waals surface area contributed by atoms with Crippen molar-refractivity contribution >= 4 is 18.1 Å². The van der Waals surface area contributed by atoms with Crippen LogP contribution < -0.4 is 5.32 Å². The van der Waals surface area contributed by atoms with Gasteiger partial charge in [0.05, 0.1) is 25.2 Å². The number of aliphatic hydroxyl groups is 3. The van der Waals surface area contributed by atoms with Crippen LogP contribution in [0.5, 0.6) is 0 Å². The highest BCUT2D eigenvalue weighted by molar-refractivity contribution is 5.75. The van der Waals surface area contributed by atoms with Crippen molar-refractivity contribution in [1.82, 2.24) is 20.0 Å². The van der Waals surface area contributed by atoms with E-state index in [0.717, 1.165) is 31.5 Å². The topological polar surface area (TPSA) is 152 Å². The molecule has 0 radical (unpaired) electrons. The molecule has 4 aliphatic rings. The van der Waals surface area contributed by atoms with E-state index in [2.05, 4.69) is 10.2 Å². The van der Waals surface area contributed by atoms with Crippen molar-refractivity contribution in [2.24, 2.45) is 11.8 Å². The minimum atomic E-state index is -1.47. The van der Waals surface area contributed by atoms with Crippen LogP contribution in [-0.4, -0.2) is 130 Å². The van der Waals surface area contributed by atoms with E-state index < -0.39 is 36.0 Å². The summed E-state index contributed by atoms with van der Waals surface area (Å²) in [5, 5.41) is 34.7. The van der Waals surface area contributed by atoms with Crippen LogP contribution in [0.4, 0.5) is 9.59 Å². The zero-order chi connectivity index (χ0) is 37.0. The van der Waals surface area contributed by atoms with E-state index in [4.69, 9.17) is 9.47 Å². The molecule has 3 aliphatic heterocycles. The molecule has 0 aromatic heterocycles. The summed E-state index contributed by atoms with van der Waals surface area (Å²) in [6.45, 7) is 11.2. The minimum absolute atomic E-state index is 0.0250. The molecule has 4 N–H and O–H groups in total. The quantitative estimate of drug-likeness (QED) is 0.123. The molecule has 12 heteroatoms. The fourth-order valence-electron chi connectivity index (χ4n) is 7.73. The number of rotatable bonds is 8. The van der Waals surface area contributed by atoms with Gasteiger partial charge in [0.15, 0.2) is 6.10 Å². The molecular weight excluding hydrogens is 652 g/mol. The molecule has 1 saturated carbocycles. The minimum Gasteiger partial charge on any atom is -0.457 e. The van der Waals surface area contributed by atoms with Crippen molar-refractivity contribution in [1.29, 1.82) is 0 Å². The number of allylic oxidation sites excluding steroid dienone is 2. The fraction of sp³-hybridized carbons (Fsp3) is 0.769. The molecule has 2 saturated heterocycles. The molecule has 3 amide bonds. The van der Waals surface area contributed by atoms with E-state index in [1.54, 1.807) is 22.8 Å². The summed E-state index contributed by atoms with van der Waals surface area (Å²) in [4.78, 5) is 44.8. The zero-order valence-electron chi connectivity index (χ0n) is 31.4. The summed E-state index contributed by atoms with van der Waals surface area (Å²) in [5.74, 6) is -0.848. The number of aliphatic hydroxyl groups excluding tert-OH is 2. The summed E-state index contributed by atoms with van der Waals surface area (Å²) in [6, 6.07) is 0.287. The number of nitrogens with zero attached hydrogens (tertiary/aromatic N) is 3. The molecule has 12 nitrogen and oxygen atoms in total. The Kier molecular flexibility index (Phi) is 15.8. The second-order valence-corrected chi connectivity index (χ2v) is 15.5. The maximum Gasteiger partial charge on any atom is 0.410 e. The van der Waals surface area contributed by atoms with E-state index >= 15 is 0 Å². The number of nitrogens with one attached hydrogen (secondary N) is 1. The van der Waals surface area contributed by atoms with Crippen molar-refractivity contribution < 1.29 is 39.2 Å². The maximum absolute atomic E-state index is 13.4. The molecule has 0 spiro atoms. The number of hydrogen-bond donors (Lipinski definition) is 4. The van der Waals surface area contributed by atoms with Gasteiger partial charge in [-0.25, -0.2) is 9.59 Å². The highest BCUT2D eigenvalue weighted by atomic mass is 16.6. The lowest BCUT2D eigenvalue weighted by Gasteiger charge is -2.40. The lowest BCUT2D eigenvalue weighted by Crippen LogP contribution is -2.53. The van der Waals surface area contributed by atoms with Gasteiger partial charge < -0.3 is 39.9 Å². The van der Waals surface area contributed by atoms with Crippen LogP contribution in [0.1, 0.15) is 98.3 Å². The lowest BCUT2D eigenvalue weighted by molar-refractivity contribution is -0.151. The first-order valence-corrected chi connectivity index (χ1v) is 19.4. The Bertz CT molecular complexity index is 1220. The summed E-state index contributed by atoms with van der Waals surface area (Å²) in [6.07, 6.45) is 15.4. The predicted molar refractivity (Wildman–Crippen MR) is 196 cm³/mol. The van der Waals surface area contributed by atoms with Crippen LogP contribution in [0.25, 0.3) is 0 Å². The summed E-state index contributed by atoms with van der Waals surface area (Å²) >= 11 is 0. The van der Waals surface area contributed by atoms with Gasteiger partial charge in [-0.05, 0) is 69.9 Å². The summed E-state index contributed by atoms with van der Waals surface area (Å²) in [7, 11) is 0. The van der Waals surface area contributed by atoms with Crippen LogP contribution in [0, 0.1) is 11.8 Å². The van der Waals surface area contributed by atoms with Gasteiger partial charge in [-0.1, -0.05) is 63.8 Å². The van der Waals surface area contributed by atoms with Crippen LogP contribution in [-0.2, 0) is 14.3 Å². The summed E-state index contributed by atoms with van der Waals surface area (Å²) < 4.78 is 11.9. The van der Waals surface area contributed by atoms with E-state index in [1.807, 2.05) is 45.1 Å². The van der Waals surface area contributed by atoms with Gasteiger partial charge in [-0.15, -0.1) is 0 Å².